The SMILES string of the molecule is C[C@]1(NCC(=O)O)CCN(Cc2ccc(F)c(F)c2)C1. The standard InChI is InChI=1S/C14H18F2N2O2/c1-14(17-7-13(19)20)4-5-18(9-14)8-10-2-3-11(15)12(16)6-10/h2-3,6,17H,4-5,7-9H2,1H3,(H,19,20)/t14-/m0/s1. The minimum Gasteiger partial charge on any atom is -0.480 e. The third-order valence-corrected chi connectivity index (χ3v) is 3.61. The Kier molecular flexibility index (Phi) is 4.35. The van der Waals surface area contributed by atoms with Gasteiger partial charge in [0.1, 0.15) is 0 Å². The number of hydrogen-bond donors (Lipinski definition) is 2. The molecule has 0 saturated carbocycles. The van der Waals surface area contributed by atoms with Crippen molar-refractivity contribution in [3.8, 4) is 0 Å². The average Bonchev–Trinajstić information content (AvgIpc) is 2.74. The smallest absolute Gasteiger partial charge is 0.317 e. The topological polar surface area (TPSA) is 52.6 Å². The maximum atomic E-state index is 13.1. The summed E-state index contributed by atoms with van der Waals surface area (Å²) in [6.07, 6.45) is 0.823. The van der Waals surface area contributed by atoms with E-state index < -0.39 is 17.6 Å². The van der Waals surface area contributed by atoms with Gasteiger partial charge in [-0.05, 0) is 31.0 Å². The molecule has 1 aliphatic heterocycles. The quantitative estimate of drug-likeness (QED) is 0.862. The molecular formula is C14H18F2N2O2. The van der Waals surface area contributed by atoms with E-state index in [1.807, 2.05) is 6.92 Å². The number of aliphatic carboxylic acids is 1. The molecule has 4 nitrogen and oxygen atoms in total. The molecule has 0 unspecified atom stereocenters. The van der Waals surface area contributed by atoms with Gasteiger partial charge in [-0.2, -0.15) is 0 Å². The number of carbonyl (C=O) groups is 1. The molecule has 1 fully saturated rings. The maximum Gasteiger partial charge on any atom is 0.317 e. The molecule has 6 heteroatoms. The molecule has 0 aromatic heterocycles. The Bertz CT molecular complexity index is 510. The normalized spacial score (nSPS) is 23.1. The predicted octanol–water partition coefficient (Wildman–Crippen LogP) is 1.60. The summed E-state index contributed by atoms with van der Waals surface area (Å²) in [4.78, 5) is 12.7. The fourth-order valence-electron chi connectivity index (χ4n) is 2.52. The van der Waals surface area contributed by atoms with Crippen LogP contribution in [0.3, 0.4) is 0 Å². The van der Waals surface area contributed by atoms with E-state index in [1.54, 1.807) is 6.07 Å². The lowest BCUT2D eigenvalue weighted by Gasteiger charge is -2.25. The van der Waals surface area contributed by atoms with Crippen LogP contribution in [0, 0.1) is 11.6 Å². The highest BCUT2D eigenvalue weighted by Gasteiger charge is 2.33. The molecule has 2 rings (SSSR count). The Labute approximate surface area is 116 Å². The number of halogens is 2. The van der Waals surface area contributed by atoms with Crippen LogP contribution in [0.4, 0.5) is 8.78 Å². The van der Waals surface area contributed by atoms with Crippen molar-refractivity contribution in [3.05, 3.63) is 35.4 Å². The van der Waals surface area contributed by atoms with E-state index in [4.69, 9.17) is 5.11 Å². The van der Waals surface area contributed by atoms with Crippen molar-refractivity contribution in [2.24, 2.45) is 0 Å². The van der Waals surface area contributed by atoms with E-state index in [0.717, 1.165) is 19.0 Å². The van der Waals surface area contributed by atoms with Crippen LogP contribution in [0.15, 0.2) is 18.2 Å². The van der Waals surface area contributed by atoms with Crippen LogP contribution in [0.2, 0.25) is 0 Å². The molecule has 1 aliphatic rings. The van der Waals surface area contributed by atoms with Crippen molar-refractivity contribution in [1.82, 2.24) is 10.2 Å². The minimum absolute atomic E-state index is 0.0739. The summed E-state index contributed by atoms with van der Waals surface area (Å²) in [5.41, 5.74) is 0.461. The van der Waals surface area contributed by atoms with Gasteiger partial charge in [0.25, 0.3) is 0 Å². The fourth-order valence-corrected chi connectivity index (χ4v) is 2.52. The zero-order chi connectivity index (χ0) is 14.8. The Morgan fingerprint density at radius 2 is 2.20 bits per heavy atom. The molecule has 0 bridgehead atoms. The number of carboxylic acid groups (broad SMARTS) is 1. The molecule has 0 radical (unpaired) electrons. The number of nitrogens with zero attached hydrogens (tertiary/aromatic N) is 1. The van der Waals surface area contributed by atoms with Crippen LogP contribution < -0.4 is 5.32 Å². The molecule has 20 heavy (non-hydrogen) atoms. The van der Waals surface area contributed by atoms with Crippen LogP contribution in [-0.4, -0.2) is 41.1 Å². The summed E-state index contributed by atoms with van der Waals surface area (Å²) in [5, 5.41) is 11.7. The van der Waals surface area contributed by atoms with Crippen molar-refractivity contribution in [3.63, 3.8) is 0 Å². The van der Waals surface area contributed by atoms with Gasteiger partial charge >= 0.3 is 5.97 Å². The van der Waals surface area contributed by atoms with Gasteiger partial charge in [0, 0.05) is 25.2 Å². The first-order chi connectivity index (χ1) is 9.38. The molecule has 1 aromatic rings. The Hall–Kier alpha value is -1.53. The Morgan fingerprint density at radius 3 is 2.85 bits per heavy atom. The first-order valence-corrected chi connectivity index (χ1v) is 6.51. The molecule has 1 saturated heterocycles. The van der Waals surface area contributed by atoms with Gasteiger partial charge in [0.2, 0.25) is 0 Å². The molecule has 0 spiro atoms. The van der Waals surface area contributed by atoms with E-state index >= 15 is 0 Å². The van der Waals surface area contributed by atoms with Crippen molar-refractivity contribution >= 4 is 5.97 Å². The molecular weight excluding hydrogens is 266 g/mol. The maximum absolute atomic E-state index is 13.1. The van der Waals surface area contributed by atoms with Crippen LogP contribution in [0.5, 0.6) is 0 Å². The second-order valence-corrected chi connectivity index (χ2v) is 5.52. The van der Waals surface area contributed by atoms with Crippen molar-refractivity contribution in [1.29, 1.82) is 0 Å². The third kappa shape index (κ3) is 3.74. The number of likely N-dealkylation sites (tertiary alicyclic amines) is 1. The lowest BCUT2D eigenvalue weighted by molar-refractivity contribution is -0.136. The summed E-state index contributed by atoms with van der Waals surface area (Å²) in [7, 11) is 0. The van der Waals surface area contributed by atoms with Gasteiger partial charge in [-0.1, -0.05) is 6.07 Å². The van der Waals surface area contributed by atoms with E-state index in [9.17, 15) is 13.6 Å². The first kappa shape index (κ1) is 14.9. The van der Waals surface area contributed by atoms with Gasteiger partial charge in [-0.3, -0.25) is 9.69 Å². The Balaban J connectivity index is 1.92. The molecule has 1 atom stereocenters. The van der Waals surface area contributed by atoms with Gasteiger partial charge in [0.15, 0.2) is 11.6 Å². The van der Waals surface area contributed by atoms with Gasteiger partial charge in [-0.15, -0.1) is 0 Å². The lowest BCUT2D eigenvalue weighted by atomic mass is 10.0. The first-order valence-electron chi connectivity index (χ1n) is 6.51. The molecule has 110 valence electrons. The second kappa shape index (κ2) is 5.85. The number of rotatable bonds is 5. The second-order valence-electron chi connectivity index (χ2n) is 5.52. The highest BCUT2D eigenvalue weighted by Crippen LogP contribution is 2.22. The van der Waals surface area contributed by atoms with Crippen LogP contribution in [0.25, 0.3) is 0 Å². The van der Waals surface area contributed by atoms with Crippen molar-refractivity contribution < 1.29 is 18.7 Å². The molecule has 0 aliphatic carbocycles. The summed E-state index contributed by atoms with van der Waals surface area (Å²) >= 11 is 0. The highest BCUT2D eigenvalue weighted by molar-refractivity contribution is 5.69. The summed E-state index contributed by atoms with van der Waals surface area (Å²) < 4.78 is 26.0. The van der Waals surface area contributed by atoms with Gasteiger partial charge in [-0.25, -0.2) is 8.78 Å². The number of benzene rings is 1. The summed E-state index contributed by atoms with van der Waals surface area (Å²) in [6, 6.07) is 3.90. The van der Waals surface area contributed by atoms with E-state index in [1.165, 1.54) is 6.07 Å². The molecule has 1 aromatic carbocycles. The number of nitrogens with one attached hydrogen (secondary N) is 1. The largest absolute Gasteiger partial charge is 0.480 e. The Morgan fingerprint density at radius 1 is 1.45 bits per heavy atom. The fraction of sp³-hybridized carbons (Fsp3) is 0.500. The van der Waals surface area contributed by atoms with Crippen LogP contribution >= 0.6 is 0 Å². The van der Waals surface area contributed by atoms with E-state index in [0.29, 0.717) is 18.7 Å². The molecule has 2 N–H and O–H groups in total. The van der Waals surface area contributed by atoms with E-state index in [-0.39, 0.29) is 12.1 Å². The zero-order valence-corrected chi connectivity index (χ0v) is 11.3. The summed E-state index contributed by atoms with van der Waals surface area (Å²) in [5.74, 6) is -2.57. The van der Waals surface area contributed by atoms with Gasteiger partial charge < -0.3 is 10.4 Å². The average molecular weight is 284 g/mol. The van der Waals surface area contributed by atoms with Crippen molar-refractivity contribution in [2.75, 3.05) is 19.6 Å². The minimum atomic E-state index is -0.884. The van der Waals surface area contributed by atoms with Gasteiger partial charge in [0.05, 0.1) is 6.54 Å². The lowest BCUT2D eigenvalue weighted by Crippen LogP contribution is -2.46. The predicted molar refractivity (Wildman–Crippen MR) is 70.3 cm³/mol. The monoisotopic (exact) mass is 284 g/mol. The van der Waals surface area contributed by atoms with Crippen LogP contribution in [-0.2, 0) is 11.3 Å². The molecule has 0 amide bonds. The third-order valence-electron chi connectivity index (χ3n) is 3.61. The van der Waals surface area contributed by atoms with Crippen molar-refractivity contribution in [2.45, 2.75) is 25.4 Å². The van der Waals surface area contributed by atoms with E-state index in [2.05, 4.69) is 10.2 Å². The molecule has 1 heterocycles. The number of hydrogen-bond acceptors (Lipinski definition) is 3. The number of carboxylic acids is 1. The van der Waals surface area contributed by atoms with Crippen LogP contribution in [0.1, 0.15) is 18.9 Å². The summed E-state index contributed by atoms with van der Waals surface area (Å²) in [6.45, 7) is 3.90. The highest BCUT2D eigenvalue weighted by atomic mass is 19.2. The zero-order valence-electron chi connectivity index (χ0n) is 11.3.